The summed E-state index contributed by atoms with van der Waals surface area (Å²) in [5, 5.41) is 6.17. The molecule has 0 aromatic heterocycles. The van der Waals surface area contributed by atoms with Gasteiger partial charge in [0.1, 0.15) is 0 Å². The van der Waals surface area contributed by atoms with Gasteiger partial charge in [-0.2, -0.15) is 0 Å². The molecular weight excluding hydrogens is 674 g/mol. The van der Waals surface area contributed by atoms with Gasteiger partial charge in [-0.05, 0) is 0 Å². The van der Waals surface area contributed by atoms with Crippen LogP contribution in [-0.4, -0.2) is 51.2 Å². The molecule has 0 aliphatic carbocycles. The molecule has 0 aliphatic heterocycles. The van der Waals surface area contributed by atoms with E-state index in [1.165, 1.54) is 124 Å². The molecule has 0 fully saturated rings. The van der Waals surface area contributed by atoms with E-state index in [1.807, 2.05) is 24.3 Å². The molecule has 0 bridgehead atoms. The molecule has 0 spiro atoms. The van der Waals surface area contributed by atoms with E-state index in [4.69, 9.17) is 0 Å². The zero-order valence-corrected chi connectivity index (χ0v) is 31.2. The number of carbonyl (C=O) groups excluding carboxylic acids is 2. The van der Waals surface area contributed by atoms with Crippen molar-refractivity contribution in [3.63, 3.8) is 0 Å². The predicted molar refractivity (Wildman–Crippen MR) is 192 cm³/mol. The molecule has 246 valence electrons. The van der Waals surface area contributed by atoms with Gasteiger partial charge in [-0.25, -0.2) is 0 Å². The van der Waals surface area contributed by atoms with Crippen molar-refractivity contribution in [2.45, 2.75) is 142 Å². The zero-order valence-electron chi connectivity index (χ0n) is 27.8. The number of carbonyl (C=O) groups is 2. The molecular formula is C38H60N2O2Se2. The van der Waals surface area contributed by atoms with Gasteiger partial charge in [0.15, 0.2) is 0 Å². The van der Waals surface area contributed by atoms with Crippen molar-refractivity contribution in [2.75, 3.05) is 13.1 Å². The minimum absolute atomic E-state index is 0.0347. The van der Waals surface area contributed by atoms with Crippen molar-refractivity contribution in [3.05, 3.63) is 59.7 Å². The van der Waals surface area contributed by atoms with E-state index >= 15 is 0 Å². The third-order valence-electron chi connectivity index (χ3n) is 8.10. The van der Waals surface area contributed by atoms with Gasteiger partial charge < -0.3 is 0 Å². The summed E-state index contributed by atoms with van der Waals surface area (Å²) in [5.74, 6) is 0.0695. The summed E-state index contributed by atoms with van der Waals surface area (Å²) in [4.78, 5) is 25.0. The van der Waals surface area contributed by atoms with Gasteiger partial charge in [-0.1, -0.05) is 78.1 Å². The summed E-state index contributed by atoms with van der Waals surface area (Å²) in [5.41, 5.74) is 1.49. The molecule has 2 N–H and O–H groups in total. The Labute approximate surface area is 281 Å². The second-order valence-corrected chi connectivity index (χ2v) is 18.4. The van der Waals surface area contributed by atoms with Crippen LogP contribution in [-0.2, 0) is 0 Å². The van der Waals surface area contributed by atoms with Crippen molar-refractivity contribution in [1.82, 2.24) is 10.6 Å². The second-order valence-electron chi connectivity index (χ2n) is 12.1. The van der Waals surface area contributed by atoms with E-state index in [0.717, 1.165) is 37.1 Å². The number of unbranched alkanes of at least 4 members (excludes halogenated alkanes) is 18. The normalized spacial score (nSPS) is 11.0. The quantitative estimate of drug-likeness (QED) is 0.0718. The SMILES string of the molecule is CCCCCCCCCCCCNC(=O)c1ccc([Se][Se]c2ccc(C(=O)NCCCCCCCCCCCC)cc2)cc1. The number of hydrogen-bond donors (Lipinski definition) is 2. The number of rotatable bonds is 27. The summed E-state index contributed by atoms with van der Waals surface area (Å²) < 4.78 is 2.61. The first kappa shape index (κ1) is 38.6. The van der Waals surface area contributed by atoms with E-state index < -0.39 is 0 Å². The molecule has 0 saturated heterocycles. The summed E-state index contributed by atoms with van der Waals surface area (Å²) in [7, 11) is 0. The summed E-state index contributed by atoms with van der Waals surface area (Å²) in [6.07, 6.45) is 26.1. The monoisotopic (exact) mass is 736 g/mol. The van der Waals surface area contributed by atoms with E-state index in [9.17, 15) is 9.59 Å². The van der Waals surface area contributed by atoms with Crippen molar-refractivity contribution in [2.24, 2.45) is 0 Å². The molecule has 6 heteroatoms. The van der Waals surface area contributed by atoms with Crippen LogP contribution in [0.15, 0.2) is 48.5 Å². The van der Waals surface area contributed by atoms with Crippen LogP contribution < -0.4 is 19.6 Å². The Kier molecular flexibility index (Phi) is 23.4. The van der Waals surface area contributed by atoms with Gasteiger partial charge in [0.2, 0.25) is 0 Å². The van der Waals surface area contributed by atoms with Crippen LogP contribution in [0.4, 0.5) is 0 Å². The Morgan fingerprint density at radius 2 is 0.705 bits per heavy atom. The fraction of sp³-hybridized carbons (Fsp3) is 0.632. The van der Waals surface area contributed by atoms with Crippen LogP contribution >= 0.6 is 0 Å². The Bertz CT molecular complexity index is 913. The molecule has 4 nitrogen and oxygen atoms in total. The minimum atomic E-state index is 0.0347. The van der Waals surface area contributed by atoms with E-state index in [-0.39, 0.29) is 11.8 Å². The van der Waals surface area contributed by atoms with Crippen molar-refractivity contribution >= 4 is 47.0 Å². The van der Waals surface area contributed by atoms with Gasteiger partial charge in [-0.15, -0.1) is 0 Å². The molecule has 0 unspecified atom stereocenters. The zero-order chi connectivity index (χ0) is 31.5. The Morgan fingerprint density at radius 1 is 0.432 bits per heavy atom. The van der Waals surface area contributed by atoms with Crippen LogP contribution in [0.2, 0.25) is 0 Å². The molecule has 2 rings (SSSR count). The molecule has 44 heavy (non-hydrogen) atoms. The maximum atomic E-state index is 12.5. The van der Waals surface area contributed by atoms with Crippen LogP contribution in [0, 0.1) is 0 Å². The average molecular weight is 735 g/mol. The molecule has 2 aromatic carbocycles. The summed E-state index contributed by atoms with van der Waals surface area (Å²) >= 11 is 0.689. The summed E-state index contributed by atoms with van der Waals surface area (Å²) in [6.45, 7) is 6.05. The number of hydrogen-bond acceptors (Lipinski definition) is 2. The number of amides is 2. The van der Waals surface area contributed by atoms with Crippen molar-refractivity contribution in [3.8, 4) is 0 Å². The van der Waals surface area contributed by atoms with Crippen LogP contribution in [0.3, 0.4) is 0 Å². The van der Waals surface area contributed by atoms with E-state index in [2.05, 4.69) is 48.7 Å². The third-order valence-corrected chi connectivity index (χ3v) is 15.3. The Balaban J connectivity index is 1.53. The molecule has 0 radical (unpaired) electrons. The molecule has 2 aromatic rings. The van der Waals surface area contributed by atoms with Gasteiger partial charge >= 0.3 is 204 Å². The average Bonchev–Trinajstić information content (AvgIpc) is 3.05. The number of nitrogens with one attached hydrogen (secondary N) is 2. The first-order valence-corrected chi connectivity index (χ1v) is 23.8. The van der Waals surface area contributed by atoms with Crippen LogP contribution in [0.25, 0.3) is 0 Å². The number of benzene rings is 2. The molecule has 0 heterocycles. The van der Waals surface area contributed by atoms with E-state index in [1.54, 1.807) is 0 Å². The first-order valence-electron chi connectivity index (χ1n) is 17.7. The molecule has 2 amide bonds. The summed E-state index contributed by atoms with van der Waals surface area (Å²) in [6, 6.07) is 16.3. The Hall–Kier alpha value is -1.58. The van der Waals surface area contributed by atoms with Gasteiger partial charge in [-0.3, -0.25) is 0 Å². The molecule has 0 atom stereocenters. The van der Waals surface area contributed by atoms with Crippen LogP contribution in [0.1, 0.15) is 163 Å². The van der Waals surface area contributed by atoms with Gasteiger partial charge in [0.05, 0.1) is 0 Å². The Morgan fingerprint density at radius 3 is 1.00 bits per heavy atom. The topological polar surface area (TPSA) is 58.2 Å². The van der Waals surface area contributed by atoms with Gasteiger partial charge in [0, 0.05) is 0 Å². The van der Waals surface area contributed by atoms with E-state index in [0.29, 0.717) is 26.3 Å². The standard InChI is InChI=1S/C38H60N2O2Se2/c1-3-5-7-9-11-13-15-17-19-21-31-39-37(41)33-23-27-35(28-24-33)43-44-36-29-25-34(26-30-36)38(42)40-32-22-20-18-16-14-12-10-8-6-4-2/h23-30H,3-22,31-32H2,1-2H3,(H,39,41)(H,40,42). The first-order chi connectivity index (χ1) is 21.6. The fourth-order valence-electron chi connectivity index (χ4n) is 5.25. The molecule has 0 aliphatic rings. The molecule has 0 saturated carbocycles. The van der Waals surface area contributed by atoms with Crippen molar-refractivity contribution in [1.29, 1.82) is 0 Å². The van der Waals surface area contributed by atoms with Gasteiger partial charge in [0.25, 0.3) is 0 Å². The predicted octanol–water partition coefficient (Wildman–Crippen LogP) is 8.26. The van der Waals surface area contributed by atoms with Crippen molar-refractivity contribution < 1.29 is 9.59 Å². The second kappa shape index (κ2) is 26.6. The third kappa shape index (κ3) is 19.0. The van der Waals surface area contributed by atoms with Crippen LogP contribution in [0.5, 0.6) is 0 Å². The fourth-order valence-corrected chi connectivity index (χ4v) is 11.2. The maximum absolute atomic E-state index is 12.5.